The van der Waals surface area contributed by atoms with Gasteiger partial charge in [-0.1, -0.05) is 0 Å². The van der Waals surface area contributed by atoms with E-state index in [9.17, 15) is 0 Å². The Kier molecular flexibility index (Phi) is 5.86. The summed E-state index contributed by atoms with van der Waals surface area (Å²) in [7, 11) is 1.88. The molecule has 1 unspecified atom stereocenters. The van der Waals surface area contributed by atoms with Crippen LogP contribution in [0.2, 0.25) is 0 Å². The fraction of sp³-hybridized carbons (Fsp3) is 0.667. The van der Waals surface area contributed by atoms with E-state index >= 15 is 0 Å². The van der Waals surface area contributed by atoms with E-state index in [0.717, 1.165) is 11.4 Å². The van der Waals surface area contributed by atoms with Crippen molar-refractivity contribution in [3.63, 3.8) is 0 Å². The number of ether oxygens (including phenoxy) is 2. The highest BCUT2D eigenvalue weighted by atomic mass is 16.5. The molecule has 1 rings (SSSR count). The highest BCUT2D eigenvalue weighted by Gasteiger charge is 2.08. The van der Waals surface area contributed by atoms with Crippen LogP contribution in [0.25, 0.3) is 0 Å². The molecule has 1 atom stereocenters. The quantitative estimate of drug-likeness (QED) is 0.777. The first kappa shape index (κ1) is 13.9. The lowest BCUT2D eigenvalue weighted by Gasteiger charge is -2.13. The van der Waals surface area contributed by atoms with Gasteiger partial charge in [0.15, 0.2) is 0 Å². The molecule has 1 N–H and O–H groups in total. The van der Waals surface area contributed by atoms with Crippen LogP contribution in [0, 0.1) is 6.92 Å². The molecule has 0 spiro atoms. The van der Waals surface area contributed by atoms with Crippen molar-refractivity contribution in [1.82, 2.24) is 15.3 Å². The Balaban J connectivity index is 2.63. The molecule has 17 heavy (non-hydrogen) atoms. The third-order valence-electron chi connectivity index (χ3n) is 2.11. The van der Waals surface area contributed by atoms with Gasteiger partial charge in [-0.25, -0.2) is 4.98 Å². The van der Waals surface area contributed by atoms with Crippen LogP contribution in [0.1, 0.15) is 25.2 Å². The summed E-state index contributed by atoms with van der Waals surface area (Å²) < 4.78 is 10.9. The second-order valence-corrected chi connectivity index (χ2v) is 3.90. The topological polar surface area (TPSA) is 56.3 Å². The molecule has 5 heteroatoms. The van der Waals surface area contributed by atoms with Gasteiger partial charge in [0.25, 0.3) is 0 Å². The Morgan fingerprint density at radius 3 is 2.82 bits per heavy atom. The molecule has 1 aromatic heterocycles. The third-order valence-corrected chi connectivity index (χ3v) is 2.11. The zero-order chi connectivity index (χ0) is 12.7. The van der Waals surface area contributed by atoms with Crippen LogP contribution in [-0.2, 0) is 11.3 Å². The lowest BCUT2D eigenvalue weighted by Crippen LogP contribution is -2.21. The lowest BCUT2D eigenvalue weighted by atomic mass is 10.3. The molecule has 0 radical (unpaired) electrons. The van der Waals surface area contributed by atoms with E-state index < -0.39 is 0 Å². The van der Waals surface area contributed by atoms with Crippen LogP contribution in [0.4, 0.5) is 0 Å². The van der Waals surface area contributed by atoms with Gasteiger partial charge in [-0.3, -0.25) is 0 Å². The van der Waals surface area contributed by atoms with Crippen LogP contribution in [-0.4, -0.2) is 36.3 Å². The molecule has 0 fully saturated rings. The van der Waals surface area contributed by atoms with Crippen LogP contribution in [0.5, 0.6) is 6.01 Å². The van der Waals surface area contributed by atoms with Gasteiger partial charge in [-0.15, -0.1) is 0 Å². The van der Waals surface area contributed by atoms with Crippen LogP contribution in [0.3, 0.4) is 0 Å². The predicted octanol–water partition coefficient (Wildman–Crippen LogP) is 1.31. The highest BCUT2D eigenvalue weighted by Crippen LogP contribution is 2.09. The number of aromatic nitrogens is 2. The van der Waals surface area contributed by atoms with Crippen molar-refractivity contribution in [2.24, 2.45) is 0 Å². The van der Waals surface area contributed by atoms with E-state index in [4.69, 9.17) is 9.47 Å². The number of rotatable bonds is 7. The Morgan fingerprint density at radius 1 is 1.41 bits per heavy atom. The molecule has 0 amide bonds. The van der Waals surface area contributed by atoms with Gasteiger partial charge in [0.1, 0.15) is 6.10 Å². The van der Waals surface area contributed by atoms with E-state index in [1.807, 2.05) is 33.9 Å². The normalized spacial score (nSPS) is 12.5. The summed E-state index contributed by atoms with van der Waals surface area (Å²) in [6.07, 6.45) is -0.0424. The predicted molar refractivity (Wildman–Crippen MR) is 66.1 cm³/mol. The van der Waals surface area contributed by atoms with E-state index in [2.05, 4.69) is 15.3 Å². The van der Waals surface area contributed by atoms with E-state index in [1.54, 1.807) is 0 Å². The first-order valence-electron chi connectivity index (χ1n) is 5.89. The SMILES string of the molecule is CCOCC(C)Oc1nc(C)cc(CNC)n1. The van der Waals surface area contributed by atoms with Gasteiger partial charge < -0.3 is 14.8 Å². The Bertz CT molecular complexity index is 345. The van der Waals surface area contributed by atoms with E-state index in [1.165, 1.54) is 0 Å². The van der Waals surface area contributed by atoms with Gasteiger partial charge in [0.05, 0.1) is 12.3 Å². The second-order valence-electron chi connectivity index (χ2n) is 3.90. The summed E-state index contributed by atoms with van der Waals surface area (Å²) >= 11 is 0. The summed E-state index contributed by atoms with van der Waals surface area (Å²) in [6, 6.07) is 2.36. The van der Waals surface area contributed by atoms with Crippen molar-refractivity contribution in [1.29, 1.82) is 0 Å². The minimum Gasteiger partial charge on any atom is -0.458 e. The zero-order valence-corrected chi connectivity index (χ0v) is 11.0. The molecule has 0 saturated heterocycles. The van der Waals surface area contributed by atoms with Crippen LogP contribution in [0.15, 0.2) is 6.07 Å². The molecular weight excluding hydrogens is 218 g/mol. The Labute approximate surface area is 103 Å². The van der Waals surface area contributed by atoms with Gasteiger partial charge in [0.2, 0.25) is 0 Å². The second kappa shape index (κ2) is 7.19. The molecule has 0 aliphatic heterocycles. The molecule has 0 saturated carbocycles. The molecule has 96 valence electrons. The summed E-state index contributed by atoms with van der Waals surface area (Å²) in [5, 5.41) is 3.06. The molecule has 0 aromatic carbocycles. The van der Waals surface area contributed by atoms with Gasteiger partial charge in [0, 0.05) is 18.8 Å². The number of hydrogen-bond donors (Lipinski definition) is 1. The molecule has 0 bridgehead atoms. The van der Waals surface area contributed by atoms with Crippen molar-refractivity contribution in [2.45, 2.75) is 33.4 Å². The fourth-order valence-electron chi connectivity index (χ4n) is 1.43. The zero-order valence-electron chi connectivity index (χ0n) is 11.0. The molecule has 5 nitrogen and oxygen atoms in total. The maximum absolute atomic E-state index is 5.61. The Hall–Kier alpha value is -1.20. The van der Waals surface area contributed by atoms with Crippen molar-refractivity contribution >= 4 is 0 Å². The molecular formula is C12H21N3O2. The number of nitrogens with one attached hydrogen (secondary N) is 1. The Morgan fingerprint density at radius 2 is 2.18 bits per heavy atom. The van der Waals surface area contributed by atoms with Gasteiger partial charge >= 0.3 is 6.01 Å². The summed E-state index contributed by atoms with van der Waals surface area (Å²) in [6.45, 7) is 7.78. The number of aryl methyl sites for hydroxylation is 1. The first-order valence-corrected chi connectivity index (χ1v) is 5.89. The van der Waals surface area contributed by atoms with Gasteiger partial charge in [-0.05, 0) is 33.9 Å². The first-order chi connectivity index (χ1) is 8.15. The minimum atomic E-state index is -0.0424. The average molecular weight is 239 g/mol. The lowest BCUT2D eigenvalue weighted by molar-refractivity contribution is 0.0605. The standard InChI is InChI=1S/C12H21N3O2/c1-5-16-8-10(3)17-12-14-9(2)6-11(15-12)7-13-4/h6,10,13H,5,7-8H2,1-4H3. The summed E-state index contributed by atoms with van der Waals surface area (Å²) in [5.41, 5.74) is 1.84. The number of nitrogens with zero attached hydrogens (tertiary/aromatic N) is 2. The minimum absolute atomic E-state index is 0.0424. The van der Waals surface area contributed by atoms with Gasteiger partial charge in [-0.2, -0.15) is 4.98 Å². The van der Waals surface area contributed by atoms with E-state index in [0.29, 0.717) is 25.8 Å². The molecule has 1 heterocycles. The summed E-state index contributed by atoms with van der Waals surface area (Å²) in [5.74, 6) is 0. The van der Waals surface area contributed by atoms with E-state index in [-0.39, 0.29) is 6.10 Å². The number of hydrogen-bond acceptors (Lipinski definition) is 5. The molecule has 0 aliphatic rings. The smallest absolute Gasteiger partial charge is 0.317 e. The molecule has 1 aromatic rings. The largest absolute Gasteiger partial charge is 0.458 e. The monoisotopic (exact) mass is 239 g/mol. The maximum atomic E-state index is 5.61. The molecule has 0 aliphatic carbocycles. The van der Waals surface area contributed by atoms with Crippen molar-refractivity contribution in [2.75, 3.05) is 20.3 Å². The fourth-order valence-corrected chi connectivity index (χ4v) is 1.43. The summed E-state index contributed by atoms with van der Waals surface area (Å²) in [4.78, 5) is 8.57. The maximum Gasteiger partial charge on any atom is 0.317 e. The van der Waals surface area contributed by atoms with Crippen molar-refractivity contribution in [3.05, 3.63) is 17.5 Å². The average Bonchev–Trinajstić information content (AvgIpc) is 2.26. The van der Waals surface area contributed by atoms with Crippen molar-refractivity contribution < 1.29 is 9.47 Å². The van der Waals surface area contributed by atoms with Crippen LogP contribution < -0.4 is 10.1 Å². The van der Waals surface area contributed by atoms with Crippen LogP contribution >= 0.6 is 0 Å². The van der Waals surface area contributed by atoms with Crippen molar-refractivity contribution in [3.8, 4) is 6.01 Å². The highest BCUT2D eigenvalue weighted by molar-refractivity contribution is 5.12. The third kappa shape index (κ3) is 5.10.